The van der Waals surface area contributed by atoms with Gasteiger partial charge in [-0.1, -0.05) is 25.1 Å². The molecule has 0 bridgehead atoms. The van der Waals surface area contributed by atoms with Crippen LogP contribution in [0.5, 0.6) is 0 Å². The number of H-pyrrole nitrogens is 1. The molecule has 0 unspecified atom stereocenters. The SMILES string of the molecule is CCc1csc(CNC(=O)[C@@H](C)c2n[nH]c(=O)c3ccccc23)n1. The van der Waals surface area contributed by atoms with Crippen molar-refractivity contribution in [3.8, 4) is 0 Å². The van der Waals surface area contributed by atoms with E-state index in [0.717, 1.165) is 17.1 Å². The minimum absolute atomic E-state index is 0.145. The predicted molar refractivity (Wildman–Crippen MR) is 94.1 cm³/mol. The average molecular weight is 342 g/mol. The van der Waals surface area contributed by atoms with E-state index in [0.29, 0.717) is 23.0 Å². The Morgan fingerprint density at radius 2 is 2.08 bits per heavy atom. The Kier molecular flexibility index (Phi) is 4.71. The van der Waals surface area contributed by atoms with Crippen LogP contribution in [0.1, 0.15) is 36.2 Å². The van der Waals surface area contributed by atoms with Crippen molar-refractivity contribution in [1.82, 2.24) is 20.5 Å². The van der Waals surface area contributed by atoms with Crippen LogP contribution in [-0.4, -0.2) is 21.1 Å². The molecular formula is C17H18N4O2S. The van der Waals surface area contributed by atoms with Gasteiger partial charge < -0.3 is 5.32 Å². The Balaban J connectivity index is 1.78. The van der Waals surface area contributed by atoms with Gasteiger partial charge in [-0.05, 0) is 19.4 Å². The van der Waals surface area contributed by atoms with Crippen molar-refractivity contribution in [3.63, 3.8) is 0 Å². The van der Waals surface area contributed by atoms with Gasteiger partial charge in [0, 0.05) is 10.8 Å². The van der Waals surface area contributed by atoms with Gasteiger partial charge in [-0.3, -0.25) is 9.59 Å². The van der Waals surface area contributed by atoms with Gasteiger partial charge in [-0.15, -0.1) is 11.3 Å². The summed E-state index contributed by atoms with van der Waals surface area (Å²) in [6.07, 6.45) is 0.883. The number of rotatable bonds is 5. The molecule has 7 heteroatoms. The Morgan fingerprint density at radius 3 is 2.79 bits per heavy atom. The second-order valence-corrected chi connectivity index (χ2v) is 6.45. The highest BCUT2D eigenvalue weighted by Crippen LogP contribution is 2.21. The zero-order valence-corrected chi connectivity index (χ0v) is 14.3. The molecule has 0 aliphatic heterocycles. The molecule has 0 saturated heterocycles. The number of hydrogen-bond acceptors (Lipinski definition) is 5. The number of amides is 1. The van der Waals surface area contributed by atoms with Crippen molar-refractivity contribution in [1.29, 1.82) is 0 Å². The molecule has 2 N–H and O–H groups in total. The number of aromatic amines is 1. The predicted octanol–water partition coefficient (Wildman–Crippen LogP) is 2.36. The molecule has 0 aliphatic carbocycles. The molecule has 0 aliphatic rings. The highest BCUT2D eigenvalue weighted by Gasteiger charge is 2.20. The summed E-state index contributed by atoms with van der Waals surface area (Å²) in [5.41, 5.74) is 1.35. The molecule has 0 fully saturated rings. The largest absolute Gasteiger partial charge is 0.349 e. The van der Waals surface area contributed by atoms with Crippen LogP contribution in [0, 0.1) is 0 Å². The molecule has 3 rings (SSSR count). The summed E-state index contributed by atoms with van der Waals surface area (Å²) in [6.45, 7) is 4.23. The summed E-state index contributed by atoms with van der Waals surface area (Å²) >= 11 is 1.54. The van der Waals surface area contributed by atoms with Crippen molar-refractivity contribution < 1.29 is 4.79 Å². The minimum atomic E-state index is -0.475. The molecule has 6 nitrogen and oxygen atoms in total. The summed E-state index contributed by atoms with van der Waals surface area (Å²) in [5.74, 6) is -0.620. The molecule has 1 atom stereocenters. The fourth-order valence-electron chi connectivity index (χ4n) is 2.50. The van der Waals surface area contributed by atoms with Crippen molar-refractivity contribution in [2.24, 2.45) is 0 Å². The molecule has 24 heavy (non-hydrogen) atoms. The molecule has 1 aromatic carbocycles. The van der Waals surface area contributed by atoms with Gasteiger partial charge in [0.15, 0.2) is 0 Å². The lowest BCUT2D eigenvalue weighted by molar-refractivity contribution is -0.122. The van der Waals surface area contributed by atoms with Crippen LogP contribution in [0.4, 0.5) is 0 Å². The van der Waals surface area contributed by atoms with Crippen LogP contribution < -0.4 is 10.9 Å². The van der Waals surface area contributed by atoms with Crippen LogP contribution in [0.3, 0.4) is 0 Å². The Labute approximate surface area is 143 Å². The van der Waals surface area contributed by atoms with Gasteiger partial charge in [0.25, 0.3) is 5.56 Å². The molecule has 0 radical (unpaired) electrons. The first-order valence-electron chi connectivity index (χ1n) is 7.78. The third-order valence-corrected chi connectivity index (χ3v) is 4.80. The number of aromatic nitrogens is 3. The summed E-state index contributed by atoms with van der Waals surface area (Å²) in [4.78, 5) is 28.7. The number of aryl methyl sites for hydroxylation is 1. The highest BCUT2D eigenvalue weighted by atomic mass is 32.1. The summed E-state index contributed by atoms with van der Waals surface area (Å²) < 4.78 is 0. The molecule has 2 heterocycles. The quantitative estimate of drug-likeness (QED) is 0.745. The maximum atomic E-state index is 12.5. The van der Waals surface area contributed by atoms with Crippen LogP contribution in [0.2, 0.25) is 0 Å². The number of carbonyl (C=O) groups is 1. The van der Waals surface area contributed by atoms with E-state index >= 15 is 0 Å². The number of benzene rings is 1. The van der Waals surface area contributed by atoms with E-state index in [9.17, 15) is 9.59 Å². The van der Waals surface area contributed by atoms with Crippen LogP contribution in [0.25, 0.3) is 10.8 Å². The number of thiazole rings is 1. The maximum absolute atomic E-state index is 12.5. The Morgan fingerprint density at radius 1 is 1.33 bits per heavy atom. The van der Waals surface area contributed by atoms with E-state index < -0.39 is 5.92 Å². The lowest BCUT2D eigenvalue weighted by atomic mass is 10.0. The minimum Gasteiger partial charge on any atom is -0.349 e. The monoisotopic (exact) mass is 342 g/mol. The van der Waals surface area contributed by atoms with Gasteiger partial charge in [0.05, 0.1) is 29.2 Å². The van der Waals surface area contributed by atoms with Crippen molar-refractivity contribution in [3.05, 3.63) is 56.4 Å². The van der Waals surface area contributed by atoms with Crippen LogP contribution >= 0.6 is 11.3 Å². The van der Waals surface area contributed by atoms with Crippen LogP contribution in [-0.2, 0) is 17.8 Å². The number of carbonyl (C=O) groups excluding carboxylic acids is 1. The van der Waals surface area contributed by atoms with E-state index in [1.165, 1.54) is 11.3 Å². The van der Waals surface area contributed by atoms with Crippen molar-refractivity contribution >= 4 is 28.0 Å². The third-order valence-electron chi connectivity index (χ3n) is 3.90. The molecule has 0 saturated carbocycles. The average Bonchev–Trinajstić information content (AvgIpc) is 3.08. The zero-order valence-electron chi connectivity index (χ0n) is 13.5. The Bertz CT molecular complexity index is 931. The lowest BCUT2D eigenvalue weighted by Gasteiger charge is -2.12. The fourth-order valence-corrected chi connectivity index (χ4v) is 3.32. The van der Waals surface area contributed by atoms with Crippen LogP contribution in [0.15, 0.2) is 34.4 Å². The molecule has 3 aromatic rings. The molecule has 1 amide bonds. The van der Waals surface area contributed by atoms with Gasteiger partial charge in [-0.2, -0.15) is 5.10 Å². The molecule has 124 valence electrons. The van der Waals surface area contributed by atoms with Gasteiger partial charge in [0.1, 0.15) is 5.01 Å². The van der Waals surface area contributed by atoms with Crippen molar-refractivity contribution in [2.45, 2.75) is 32.7 Å². The highest BCUT2D eigenvalue weighted by molar-refractivity contribution is 7.09. The standard InChI is InChI=1S/C17H18N4O2S/c1-3-11-9-24-14(19-11)8-18-16(22)10(2)15-12-6-4-5-7-13(12)17(23)21-20-15/h4-7,9-10H,3,8H2,1-2H3,(H,18,22)(H,21,23)/t10-/m0/s1. The number of nitrogens with one attached hydrogen (secondary N) is 2. The van der Waals surface area contributed by atoms with E-state index in [1.54, 1.807) is 19.1 Å². The van der Waals surface area contributed by atoms with Gasteiger partial charge in [0.2, 0.25) is 5.91 Å². The molecule has 2 aromatic heterocycles. The number of fused-ring (bicyclic) bond motifs is 1. The normalized spacial score (nSPS) is 12.2. The number of nitrogens with zero attached hydrogens (tertiary/aromatic N) is 2. The summed E-state index contributed by atoms with van der Waals surface area (Å²) in [5, 5.41) is 13.6. The molecular weight excluding hydrogens is 324 g/mol. The number of hydrogen-bond donors (Lipinski definition) is 2. The Hall–Kier alpha value is -2.54. The maximum Gasteiger partial charge on any atom is 0.272 e. The first-order valence-corrected chi connectivity index (χ1v) is 8.66. The fraction of sp³-hybridized carbons (Fsp3) is 0.294. The summed E-state index contributed by atoms with van der Waals surface area (Å²) in [7, 11) is 0. The van der Waals surface area contributed by atoms with Crippen molar-refractivity contribution in [2.75, 3.05) is 0 Å². The molecule has 0 spiro atoms. The van der Waals surface area contributed by atoms with E-state index in [1.807, 2.05) is 24.4 Å². The lowest BCUT2D eigenvalue weighted by Crippen LogP contribution is -2.29. The third kappa shape index (κ3) is 3.21. The van der Waals surface area contributed by atoms with Gasteiger partial charge >= 0.3 is 0 Å². The van der Waals surface area contributed by atoms with Gasteiger partial charge in [-0.25, -0.2) is 10.1 Å². The topological polar surface area (TPSA) is 87.7 Å². The van der Waals surface area contributed by atoms with E-state index in [-0.39, 0.29) is 11.5 Å². The second-order valence-electron chi connectivity index (χ2n) is 5.51. The zero-order chi connectivity index (χ0) is 17.1. The first-order chi connectivity index (χ1) is 11.6. The van der Waals surface area contributed by atoms with E-state index in [4.69, 9.17) is 0 Å². The summed E-state index contributed by atoms with van der Waals surface area (Å²) in [6, 6.07) is 7.16. The van der Waals surface area contributed by atoms with E-state index in [2.05, 4.69) is 20.5 Å². The smallest absolute Gasteiger partial charge is 0.272 e. The second kappa shape index (κ2) is 6.92. The first kappa shape index (κ1) is 16.3.